The molecular formula is C8H14N2O. The molecule has 1 atom stereocenters. The third-order valence-electron chi connectivity index (χ3n) is 1.47. The summed E-state index contributed by atoms with van der Waals surface area (Å²) in [5, 5.41) is 6.95. The van der Waals surface area contributed by atoms with Gasteiger partial charge in [-0.25, -0.2) is 0 Å². The molecule has 0 bridgehead atoms. The Morgan fingerprint density at radius 3 is 2.64 bits per heavy atom. The fourth-order valence-corrected chi connectivity index (χ4v) is 1.03. The van der Waals surface area contributed by atoms with Crippen LogP contribution in [0.3, 0.4) is 0 Å². The van der Waals surface area contributed by atoms with E-state index in [0.717, 1.165) is 5.76 Å². The van der Waals surface area contributed by atoms with Gasteiger partial charge in [0.15, 0.2) is 5.76 Å². The number of hydrogen-bond donors (Lipinski definition) is 1. The third-order valence-corrected chi connectivity index (χ3v) is 1.47. The van der Waals surface area contributed by atoms with Crippen molar-refractivity contribution < 1.29 is 4.52 Å². The minimum Gasteiger partial charge on any atom is -0.360 e. The van der Waals surface area contributed by atoms with Crippen molar-refractivity contribution in [1.82, 2.24) is 10.5 Å². The smallest absolute Gasteiger partial charge is 0.153 e. The summed E-state index contributed by atoms with van der Waals surface area (Å²) in [5.41, 5.74) is 0. The summed E-state index contributed by atoms with van der Waals surface area (Å²) < 4.78 is 4.98. The van der Waals surface area contributed by atoms with Gasteiger partial charge < -0.3 is 9.84 Å². The van der Waals surface area contributed by atoms with Crippen molar-refractivity contribution in [3.05, 3.63) is 18.0 Å². The van der Waals surface area contributed by atoms with Crippen LogP contribution in [0.15, 0.2) is 16.8 Å². The van der Waals surface area contributed by atoms with Crippen LogP contribution in [0.1, 0.15) is 32.6 Å². The van der Waals surface area contributed by atoms with Gasteiger partial charge in [-0.3, -0.25) is 0 Å². The molecule has 0 aliphatic heterocycles. The van der Waals surface area contributed by atoms with Crippen molar-refractivity contribution >= 4 is 0 Å². The molecule has 1 aromatic rings. The molecule has 62 valence electrons. The molecule has 0 aromatic carbocycles. The first kappa shape index (κ1) is 8.27. The second kappa shape index (κ2) is 3.53. The summed E-state index contributed by atoms with van der Waals surface area (Å²) in [4.78, 5) is 0. The average molecular weight is 154 g/mol. The zero-order valence-electron chi connectivity index (χ0n) is 7.16. The molecule has 11 heavy (non-hydrogen) atoms. The normalized spacial score (nSPS) is 13.8. The van der Waals surface area contributed by atoms with Crippen LogP contribution in [-0.2, 0) is 0 Å². The van der Waals surface area contributed by atoms with Crippen molar-refractivity contribution in [3.63, 3.8) is 0 Å². The zero-order chi connectivity index (χ0) is 8.27. The first-order valence-corrected chi connectivity index (χ1v) is 3.86. The van der Waals surface area contributed by atoms with Crippen molar-refractivity contribution in [1.29, 1.82) is 0 Å². The molecule has 3 nitrogen and oxygen atoms in total. The highest BCUT2D eigenvalue weighted by atomic mass is 16.5. The van der Waals surface area contributed by atoms with E-state index in [0.29, 0.717) is 6.04 Å². The van der Waals surface area contributed by atoms with Crippen LogP contribution in [0.5, 0.6) is 0 Å². The standard InChI is InChI=1S/C8H14N2O/c1-6(2)10-7(3)8-4-5-9-11-8/h4-7,10H,1-3H3. The second-order valence-electron chi connectivity index (χ2n) is 2.96. The van der Waals surface area contributed by atoms with Crippen LogP contribution >= 0.6 is 0 Å². The highest BCUT2D eigenvalue weighted by Gasteiger charge is 2.08. The Balaban J connectivity index is 2.49. The highest BCUT2D eigenvalue weighted by Crippen LogP contribution is 2.10. The summed E-state index contributed by atoms with van der Waals surface area (Å²) in [5.74, 6) is 0.888. The molecule has 0 aliphatic carbocycles. The quantitative estimate of drug-likeness (QED) is 0.720. The Hall–Kier alpha value is -0.830. The molecule has 1 heterocycles. The van der Waals surface area contributed by atoms with Gasteiger partial charge in [0, 0.05) is 12.1 Å². The van der Waals surface area contributed by atoms with Crippen molar-refractivity contribution in [2.45, 2.75) is 32.9 Å². The van der Waals surface area contributed by atoms with Gasteiger partial charge in [0.25, 0.3) is 0 Å². The van der Waals surface area contributed by atoms with Crippen LogP contribution in [0.25, 0.3) is 0 Å². The molecule has 1 unspecified atom stereocenters. The van der Waals surface area contributed by atoms with Crippen molar-refractivity contribution in [2.75, 3.05) is 0 Å². The Morgan fingerprint density at radius 2 is 2.18 bits per heavy atom. The van der Waals surface area contributed by atoms with Gasteiger partial charge in [0.1, 0.15) is 0 Å². The van der Waals surface area contributed by atoms with Crippen LogP contribution in [0.2, 0.25) is 0 Å². The summed E-state index contributed by atoms with van der Waals surface area (Å²) in [6.45, 7) is 6.26. The monoisotopic (exact) mass is 154 g/mol. The fraction of sp³-hybridized carbons (Fsp3) is 0.625. The van der Waals surface area contributed by atoms with E-state index in [1.54, 1.807) is 6.20 Å². The van der Waals surface area contributed by atoms with Crippen LogP contribution in [0.4, 0.5) is 0 Å². The van der Waals surface area contributed by atoms with Gasteiger partial charge in [0.2, 0.25) is 0 Å². The fourth-order valence-electron chi connectivity index (χ4n) is 1.03. The van der Waals surface area contributed by atoms with Gasteiger partial charge in [-0.05, 0) is 6.92 Å². The van der Waals surface area contributed by atoms with Crippen molar-refractivity contribution in [2.24, 2.45) is 0 Å². The summed E-state index contributed by atoms with van der Waals surface area (Å²) in [7, 11) is 0. The molecule has 0 saturated heterocycles. The molecular weight excluding hydrogens is 140 g/mol. The second-order valence-corrected chi connectivity index (χ2v) is 2.96. The van der Waals surface area contributed by atoms with E-state index in [-0.39, 0.29) is 6.04 Å². The predicted octanol–water partition coefficient (Wildman–Crippen LogP) is 1.73. The number of nitrogens with zero attached hydrogens (tertiary/aromatic N) is 1. The van der Waals surface area contributed by atoms with E-state index < -0.39 is 0 Å². The van der Waals surface area contributed by atoms with E-state index in [2.05, 4.69) is 31.2 Å². The molecule has 0 spiro atoms. The third kappa shape index (κ3) is 2.35. The van der Waals surface area contributed by atoms with Gasteiger partial charge in [-0.1, -0.05) is 19.0 Å². The SMILES string of the molecule is CC(C)NC(C)c1ccno1. The molecule has 1 aromatic heterocycles. The lowest BCUT2D eigenvalue weighted by molar-refractivity contribution is 0.337. The maximum atomic E-state index is 4.98. The lowest BCUT2D eigenvalue weighted by atomic mass is 10.2. The van der Waals surface area contributed by atoms with E-state index in [1.165, 1.54) is 0 Å². The number of rotatable bonds is 3. The number of nitrogens with one attached hydrogen (secondary N) is 1. The van der Waals surface area contributed by atoms with E-state index >= 15 is 0 Å². The largest absolute Gasteiger partial charge is 0.360 e. The van der Waals surface area contributed by atoms with Crippen LogP contribution < -0.4 is 5.32 Å². The Morgan fingerprint density at radius 1 is 1.45 bits per heavy atom. The summed E-state index contributed by atoms with van der Waals surface area (Å²) in [6.07, 6.45) is 1.66. The van der Waals surface area contributed by atoms with E-state index in [4.69, 9.17) is 4.52 Å². The van der Waals surface area contributed by atoms with Gasteiger partial charge in [-0.15, -0.1) is 0 Å². The molecule has 0 saturated carbocycles. The lowest BCUT2D eigenvalue weighted by Crippen LogP contribution is -2.25. The zero-order valence-corrected chi connectivity index (χ0v) is 7.16. The van der Waals surface area contributed by atoms with Crippen molar-refractivity contribution in [3.8, 4) is 0 Å². The lowest BCUT2D eigenvalue weighted by Gasteiger charge is -2.12. The molecule has 1 N–H and O–H groups in total. The van der Waals surface area contributed by atoms with Gasteiger partial charge in [-0.2, -0.15) is 0 Å². The minimum absolute atomic E-state index is 0.248. The summed E-state index contributed by atoms with van der Waals surface area (Å²) in [6, 6.07) is 2.59. The molecule has 3 heteroatoms. The Labute approximate surface area is 66.8 Å². The molecule has 0 radical (unpaired) electrons. The van der Waals surface area contributed by atoms with Crippen LogP contribution in [-0.4, -0.2) is 11.2 Å². The van der Waals surface area contributed by atoms with Gasteiger partial charge >= 0.3 is 0 Å². The van der Waals surface area contributed by atoms with Gasteiger partial charge in [0.05, 0.1) is 12.2 Å². The maximum Gasteiger partial charge on any atom is 0.153 e. The molecule has 0 fully saturated rings. The summed E-state index contributed by atoms with van der Waals surface area (Å²) >= 11 is 0. The minimum atomic E-state index is 0.248. The first-order chi connectivity index (χ1) is 5.20. The topological polar surface area (TPSA) is 38.1 Å². The van der Waals surface area contributed by atoms with Crippen LogP contribution in [0, 0.1) is 0 Å². The number of aromatic nitrogens is 1. The maximum absolute atomic E-state index is 4.98. The molecule has 1 rings (SSSR count). The molecule has 0 amide bonds. The number of hydrogen-bond acceptors (Lipinski definition) is 3. The van der Waals surface area contributed by atoms with E-state index in [1.807, 2.05) is 6.07 Å². The Bertz CT molecular complexity index is 194. The average Bonchev–Trinajstić information content (AvgIpc) is 2.35. The molecule has 0 aliphatic rings. The predicted molar refractivity (Wildman–Crippen MR) is 43.2 cm³/mol. The first-order valence-electron chi connectivity index (χ1n) is 3.86. The van der Waals surface area contributed by atoms with E-state index in [9.17, 15) is 0 Å². The Kier molecular flexibility index (Phi) is 2.65. The highest BCUT2D eigenvalue weighted by molar-refractivity contribution is 4.98.